The Kier molecular flexibility index (Phi) is 10.6. The average molecular weight is 683 g/mol. The zero-order chi connectivity index (χ0) is 35.1. The summed E-state index contributed by atoms with van der Waals surface area (Å²) in [6, 6.07) is 23.5. The molecule has 5 rings (SSSR count). The molecule has 1 saturated heterocycles. The van der Waals surface area contributed by atoms with E-state index >= 15 is 0 Å². The van der Waals surface area contributed by atoms with E-state index < -0.39 is 33.8 Å². The van der Waals surface area contributed by atoms with Gasteiger partial charge in [0.2, 0.25) is 17.6 Å². The molecule has 0 bridgehead atoms. The number of benzene rings is 4. The van der Waals surface area contributed by atoms with Crippen molar-refractivity contribution < 1.29 is 38.3 Å². The first-order valence-corrected chi connectivity index (χ1v) is 15.6. The van der Waals surface area contributed by atoms with Gasteiger partial charge >= 0.3 is 0 Å². The van der Waals surface area contributed by atoms with Gasteiger partial charge in [-0.15, -0.1) is 11.8 Å². The van der Waals surface area contributed by atoms with Crippen molar-refractivity contribution in [2.75, 3.05) is 31.5 Å². The minimum absolute atomic E-state index is 0.0791. The highest BCUT2D eigenvalue weighted by atomic mass is 32.2. The van der Waals surface area contributed by atoms with Crippen molar-refractivity contribution in [3.63, 3.8) is 0 Å². The molecule has 0 aliphatic carbocycles. The summed E-state index contributed by atoms with van der Waals surface area (Å²) in [5.74, 6) is -1.00. The van der Waals surface area contributed by atoms with E-state index in [9.17, 15) is 29.3 Å². The maximum absolute atomic E-state index is 13.7. The van der Waals surface area contributed by atoms with E-state index in [-0.39, 0.29) is 23.5 Å². The number of rotatable bonds is 12. The van der Waals surface area contributed by atoms with Crippen LogP contribution in [0.25, 0.3) is 6.08 Å². The van der Waals surface area contributed by atoms with Gasteiger partial charge in [-0.3, -0.25) is 29.3 Å². The third-order valence-electron chi connectivity index (χ3n) is 7.32. The van der Waals surface area contributed by atoms with E-state index in [1.165, 1.54) is 51.7 Å². The summed E-state index contributed by atoms with van der Waals surface area (Å²) in [7, 11) is 4.39. The highest BCUT2D eigenvalue weighted by Gasteiger charge is 2.40. The van der Waals surface area contributed by atoms with Gasteiger partial charge in [-0.2, -0.15) is 0 Å². The molecular weight excluding hydrogens is 652 g/mol. The van der Waals surface area contributed by atoms with Crippen LogP contribution in [0, 0.1) is 10.1 Å². The van der Waals surface area contributed by atoms with Crippen LogP contribution in [0.2, 0.25) is 0 Å². The number of nitrogens with one attached hydrogen (secondary N) is 2. The lowest BCUT2D eigenvalue weighted by atomic mass is 10.1. The molecule has 1 atom stereocenters. The van der Waals surface area contributed by atoms with Gasteiger partial charge in [0.25, 0.3) is 17.5 Å². The van der Waals surface area contributed by atoms with E-state index in [1.54, 1.807) is 66.7 Å². The molecule has 250 valence electrons. The summed E-state index contributed by atoms with van der Waals surface area (Å²) in [5, 5.41) is 15.7. The quantitative estimate of drug-likeness (QED) is 0.0849. The molecule has 2 N–H and O–H groups in total. The SMILES string of the molecule is COc1cc(C=C(NC(=O)c2ccccc2)C(=O)Nc2cccc(SC3CC(=O)N(c4ccc([N+](=O)[O-])cc4)C3=O)c2)cc(OC)c1OC. The fourth-order valence-electron chi connectivity index (χ4n) is 4.99. The number of anilines is 2. The Morgan fingerprint density at radius 3 is 2.18 bits per heavy atom. The molecule has 0 radical (unpaired) electrons. The van der Waals surface area contributed by atoms with Crippen molar-refractivity contribution in [3.05, 3.63) is 118 Å². The van der Waals surface area contributed by atoms with Crippen LogP contribution in [0.1, 0.15) is 22.3 Å². The van der Waals surface area contributed by atoms with Gasteiger partial charge in [0.05, 0.1) is 37.2 Å². The summed E-state index contributed by atoms with van der Waals surface area (Å²) in [5.41, 5.74) is 1.17. The van der Waals surface area contributed by atoms with Crippen LogP contribution in [-0.2, 0) is 14.4 Å². The molecule has 1 aliphatic heterocycles. The summed E-state index contributed by atoms with van der Waals surface area (Å²) in [4.78, 5) is 64.9. The Bertz CT molecular complexity index is 1920. The summed E-state index contributed by atoms with van der Waals surface area (Å²) in [6.07, 6.45) is 1.39. The second kappa shape index (κ2) is 15.2. The predicted molar refractivity (Wildman–Crippen MR) is 183 cm³/mol. The highest BCUT2D eigenvalue weighted by molar-refractivity contribution is 8.00. The first-order valence-electron chi connectivity index (χ1n) is 14.7. The summed E-state index contributed by atoms with van der Waals surface area (Å²) >= 11 is 1.15. The number of imide groups is 1. The Morgan fingerprint density at radius 2 is 1.57 bits per heavy atom. The normalized spacial score (nSPS) is 14.3. The number of nitro benzene ring substituents is 1. The van der Waals surface area contributed by atoms with E-state index in [0.717, 1.165) is 16.7 Å². The number of methoxy groups -OCH3 is 3. The topological polar surface area (TPSA) is 166 Å². The zero-order valence-electron chi connectivity index (χ0n) is 26.5. The molecule has 14 heteroatoms. The average Bonchev–Trinajstić information content (AvgIpc) is 3.39. The minimum Gasteiger partial charge on any atom is -0.493 e. The molecule has 49 heavy (non-hydrogen) atoms. The van der Waals surface area contributed by atoms with Gasteiger partial charge < -0.3 is 24.8 Å². The molecule has 0 spiro atoms. The van der Waals surface area contributed by atoms with Gasteiger partial charge in [0, 0.05) is 34.7 Å². The van der Waals surface area contributed by atoms with Crippen LogP contribution in [0.5, 0.6) is 17.2 Å². The third kappa shape index (κ3) is 7.88. The van der Waals surface area contributed by atoms with Crippen molar-refractivity contribution in [3.8, 4) is 17.2 Å². The van der Waals surface area contributed by atoms with Gasteiger partial charge in [0.1, 0.15) is 5.70 Å². The molecule has 1 aliphatic rings. The van der Waals surface area contributed by atoms with E-state index in [1.807, 2.05) is 0 Å². The lowest BCUT2D eigenvalue weighted by Crippen LogP contribution is -2.31. The monoisotopic (exact) mass is 682 g/mol. The molecule has 4 aromatic rings. The van der Waals surface area contributed by atoms with Crippen molar-refractivity contribution >= 4 is 58.5 Å². The first kappa shape index (κ1) is 34.2. The third-order valence-corrected chi connectivity index (χ3v) is 8.50. The fourth-order valence-corrected chi connectivity index (χ4v) is 6.11. The number of nitro groups is 1. The second-order valence-electron chi connectivity index (χ2n) is 10.5. The number of nitrogens with zero attached hydrogens (tertiary/aromatic N) is 2. The van der Waals surface area contributed by atoms with E-state index in [2.05, 4.69) is 10.6 Å². The molecule has 0 aromatic heterocycles. The molecule has 4 aromatic carbocycles. The van der Waals surface area contributed by atoms with Crippen LogP contribution in [0.15, 0.2) is 102 Å². The summed E-state index contributed by atoms with van der Waals surface area (Å²) < 4.78 is 16.3. The zero-order valence-corrected chi connectivity index (χ0v) is 27.3. The van der Waals surface area contributed by atoms with E-state index in [0.29, 0.717) is 39.0 Å². The Hall–Kier alpha value is -6.15. The first-order chi connectivity index (χ1) is 23.6. The van der Waals surface area contributed by atoms with Crippen molar-refractivity contribution in [1.29, 1.82) is 0 Å². The van der Waals surface area contributed by atoms with Crippen LogP contribution < -0.4 is 29.7 Å². The maximum atomic E-state index is 13.7. The number of carbonyl (C=O) groups excluding carboxylic acids is 4. The number of amides is 4. The van der Waals surface area contributed by atoms with Crippen LogP contribution in [0.4, 0.5) is 17.1 Å². The molecule has 1 heterocycles. The van der Waals surface area contributed by atoms with Crippen molar-refractivity contribution in [2.45, 2.75) is 16.6 Å². The maximum Gasteiger partial charge on any atom is 0.272 e. The number of carbonyl (C=O) groups is 4. The highest BCUT2D eigenvalue weighted by Crippen LogP contribution is 2.39. The van der Waals surface area contributed by atoms with E-state index in [4.69, 9.17) is 14.2 Å². The number of ether oxygens (including phenoxy) is 3. The van der Waals surface area contributed by atoms with Crippen LogP contribution in [0.3, 0.4) is 0 Å². The minimum atomic E-state index is -0.755. The molecule has 1 unspecified atom stereocenters. The number of thioether (sulfide) groups is 1. The Balaban J connectivity index is 1.37. The molecular formula is C35H30N4O9S. The molecule has 13 nitrogen and oxygen atoms in total. The molecule has 0 saturated carbocycles. The summed E-state index contributed by atoms with van der Waals surface area (Å²) in [6.45, 7) is 0. The van der Waals surface area contributed by atoms with Crippen LogP contribution >= 0.6 is 11.8 Å². The van der Waals surface area contributed by atoms with Gasteiger partial charge in [-0.1, -0.05) is 24.3 Å². The Labute approximate surface area is 285 Å². The smallest absolute Gasteiger partial charge is 0.272 e. The second-order valence-corrected chi connectivity index (χ2v) is 11.7. The predicted octanol–water partition coefficient (Wildman–Crippen LogP) is 5.45. The largest absolute Gasteiger partial charge is 0.493 e. The number of hydrogen-bond acceptors (Lipinski definition) is 10. The van der Waals surface area contributed by atoms with Crippen molar-refractivity contribution in [2.24, 2.45) is 0 Å². The standard InChI is InChI=1S/C35H30N4O9S/c1-46-28-17-21(18-29(47-2)32(28)48-3)16-27(37-33(41)22-8-5-4-6-9-22)34(42)36-23-10-7-11-26(19-23)49-30-20-31(40)38(35(30)43)24-12-14-25(15-13-24)39(44)45/h4-19,30H,20H2,1-3H3,(H,36,42)(H,37,41). The van der Waals surface area contributed by atoms with Gasteiger partial charge in [-0.05, 0) is 66.2 Å². The lowest BCUT2D eigenvalue weighted by Gasteiger charge is -2.15. The van der Waals surface area contributed by atoms with Gasteiger partial charge in [0.15, 0.2) is 11.5 Å². The number of hydrogen-bond donors (Lipinski definition) is 2. The van der Waals surface area contributed by atoms with Crippen molar-refractivity contribution in [1.82, 2.24) is 5.32 Å². The number of non-ortho nitro benzene ring substituents is 1. The Morgan fingerprint density at radius 1 is 0.898 bits per heavy atom. The molecule has 4 amide bonds. The van der Waals surface area contributed by atoms with Gasteiger partial charge in [-0.25, -0.2) is 4.90 Å². The lowest BCUT2D eigenvalue weighted by molar-refractivity contribution is -0.384. The fraction of sp³-hybridized carbons (Fsp3) is 0.143. The van der Waals surface area contributed by atoms with Crippen LogP contribution in [-0.4, -0.2) is 55.1 Å². The molecule has 1 fully saturated rings.